The van der Waals surface area contributed by atoms with Gasteiger partial charge in [0.25, 0.3) is 0 Å². The van der Waals surface area contributed by atoms with Gasteiger partial charge >= 0.3 is 5.97 Å². The van der Waals surface area contributed by atoms with Crippen molar-refractivity contribution in [2.45, 2.75) is 46.0 Å². The predicted molar refractivity (Wildman–Crippen MR) is 106 cm³/mol. The smallest absolute Gasteiger partial charge is 0.306 e. The fourth-order valence-electron chi connectivity index (χ4n) is 3.03. The molecule has 3 heteroatoms. The first-order valence-corrected chi connectivity index (χ1v) is 9.61. The maximum absolute atomic E-state index is 12.1. The number of rotatable bonds is 10. The van der Waals surface area contributed by atoms with Crippen LogP contribution in [0.3, 0.4) is 0 Å². The highest BCUT2D eigenvalue weighted by atomic mass is 16.5. The van der Waals surface area contributed by atoms with Gasteiger partial charge in [-0.2, -0.15) is 0 Å². The lowest BCUT2D eigenvalue weighted by molar-refractivity contribution is -0.143. The van der Waals surface area contributed by atoms with Crippen LogP contribution in [0.1, 0.15) is 57.1 Å². The van der Waals surface area contributed by atoms with Crippen LogP contribution >= 0.6 is 0 Å². The molecule has 0 aliphatic heterocycles. The van der Waals surface area contributed by atoms with E-state index in [-0.39, 0.29) is 11.9 Å². The topological polar surface area (TPSA) is 35.5 Å². The van der Waals surface area contributed by atoms with Crippen molar-refractivity contribution in [3.63, 3.8) is 0 Å². The van der Waals surface area contributed by atoms with Crippen molar-refractivity contribution in [2.24, 2.45) is 5.92 Å². The van der Waals surface area contributed by atoms with E-state index < -0.39 is 0 Å². The molecular formula is C23H30O3. The summed E-state index contributed by atoms with van der Waals surface area (Å²) in [5.41, 5.74) is 2.21. The highest BCUT2D eigenvalue weighted by Gasteiger charge is 2.19. The molecule has 1 atom stereocenters. The Morgan fingerprint density at radius 1 is 0.885 bits per heavy atom. The predicted octanol–water partition coefficient (Wildman–Crippen LogP) is 5.59. The fourth-order valence-corrected chi connectivity index (χ4v) is 3.03. The van der Waals surface area contributed by atoms with E-state index in [1.54, 1.807) is 0 Å². The molecule has 0 fully saturated rings. The zero-order valence-electron chi connectivity index (χ0n) is 16.1. The minimum absolute atomic E-state index is 0.0108. The minimum Gasteiger partial charge on any atom is -0.493 e. The first-order valence-electron chi connectivity index (χ1n) is 9.61. The van der Waals surface area contributed by atoms with Crippen LogP contribution in [0.2, 0.25) is 0 Å². The van der Waals surface area contributed by atoms with Crippen LogP contribution in [0.25, 0.3) is 0 Å². The standard InChI is InChI=1S/C23H30O3/c1-4-18(5-2)17-26-21-14-12-20(13-15-21)22(16-23(24)25-6-3)19-10-8-7-9-11-19/h7-15,18,22H,4-6,16-17H2,1-3H3. The third-order valence-corrected chi connectivity index (χ3v) is 4.80. The van der Waals surface area contributed by atoms with Gasteiger partial charge in [-0.05, 0) is 36.1 Å². The van der Waals surface area contributed by atoms with Gasteiger partial charge in [-0.3, -0.25) is 4.79 Å². The molecule has 0 heterocycles. The summed E-state index contributed by atoms with van der Waals surface area (Å²) in [7, 11) is 0. The van der Waals surface area contributed by atoms with Gasteiger partial charge in [0.1, 0.15) is 5.75 Å². The van der Waals surface area contributed by atoms with Gasteiger partial charge in [0.05, 0.1) is 19.6 Å². The largest absolute Gasteiger partial charge is 0.493 e. The van der Waals surface area contributed by atoms with Crippen LogP contribution in [0.4, 0.5) is 0 Å². The first-order chi connectivity index (χ1) is 12.7. The normalized spacial score (nSPS) is 12.0. The van der Waals surface area contributed by atoms with Crippen molar-refractivity contribution in [3.8, 4) is 5.75 Å². The average Bonchev–Trinajstić information content (AvgIpc) is 2.68. The number of benzene rings is 2. The van der Waals surface area contributed by atoms with Crippen LogP contribution in [-0.4, -0.2) is 19.2 Å². The second kappa shape index (κ2) is 10.6. The Balaban J connectivity index is 2.13. The highest BCUT2D eigenvalue weighted by molar-refractivity contribution is 5.71. The van der Waals surface area contributed by atoms with E-state index in [1.807, 2.05) is 37.3 Å². The van der Waals surface area contributed by atoms with Crippen LogP contribution < -0.4 is 4.74 Å². The average molecular weight is 354 g/mol. The van der Waals surface area contributed by atoms with Gasteiger partial charge in [-0.1, -0.05) is 69.2 Å². The van der Waals surface area contributed by atoms with Crippen LogP contribution in [-0.2, 0) is 9.53 Å². The second-order valence-electron chi connectivity index (χ2n) is 6.53. The molecule has 0 saturated carbocycles. The van der Waals surface area contributed by atoms with E-state index in [4.69, 9.17) is 9.47 Å². The molecule has 2 aromatic carbocycles. The van der Waals surface area contributed by atoms with Crippen LogP contribution in [0, 0.1) is 5.92 Å². The quantitative estimate of drug-likeness (QED) is 0.522. The van der Waals surface area contributed by atoms with E-state index in [0.717, 1.165) is 36.3 Å². The van der Waals surface area contributed by atoms with Crippen LogP contribution in [0.5, 0.6) is 5.75 Å². The molecule has 0 amide bonds. The minimum atomic E-state index is -0.171. The Hall–Kier alpha value is -2.29. The van der Waals surface area contributed by atoms with Gasteiger partial charge in [0, 0.05) is 5.92 Å². The Labute approximate surface area is 157 Å². The summed E-state index contributed by atoms with van der Waals surface area (Å²) in [5, 5.41) is 0. The summed E-state index contributed by atoms with van der Waals surface area (Å²) in [4.78, 5) is 12.1. The van der Waals surface area contributed by atoms with Crippen molar-refractivity contribution < 1.29 is 14.3 Å². The molecule has 140 valence electrons. The summed E-state index contributed by atoms with van der Waals surface area (Å²) in [6.07, 6.45) is 2.60. The number of hydrogen-bond donors (Lipinski definition) is 0. The Kier molecular flexibility index (Phi) is 8.20. The number of carbonyl (C=O) groups excluding carboxylic acids is 1. The fraction of sp³-hybridized carbons (Fsp3) is 0.435. The van der Waals surface area contributed by atoms with Gasteiger partial charge < -0.3 is 9.47 Å². The molecule has 0 aliphatic carbocycles. The van der Waals surface area contributed by atoms with E-state index in [0.29, 0.717) is 18.9 Å². The molecule has 3 nitrogen and oxygen atoms in total. The first kappa shape index (κ1) is 20.0. The van der Waals surface area contributed by atoms with E-state index in [9.17, 15) is 4.79 Å². The zero-order chi connectivity index (χ0) is 18.8. The lowest BCUT2D eigenvalue weighted by Gasteiger charge is -2.18. The van der Waals surface area contributed by atoms with Crippen LogP contribution in [0.15, 0.2) is 54.6 Å². The Bertz CT molecular complexity index is 645. The van der Waals surface area contributed by atoms with Crippen molar-refractivity contribution in [1.82, 2.24) is 0 Å². The zero-order valence-corrected chi connectivity index (χ0v) is 16.1. The molecular weight excluding hydrogens is 324 g/mol. The van der Waals surface area contributed by atoms with Crippen molar-refractivity contribution >= 4 is 5.97 Å². The molecule has 0 aromatic heterocycles. The lowest BCUT2D eigenvalue weighted by atomic mass is 9.88. The number of carbonyl (C=O) groups is 1. The number of ether oxygens (including phenoxy) is 2. The van der Waals surface area contributed by atoms with Crippen molar-refractivity contribution in [1.29, 1.82) is 0 Å². The molecule has 0 spiro atoms. The van der Waals surface area contributed by atoms with Crippen molar-refractivity contribution in [3.05, 3.63) is 65.7 Å². The number of hydrogen-bond acceptors (Lipinski definition) is 3. The van der Waals surface area contributed by atoms with Gasteiger partial charge in [0.15, 0.2) is 0 Å². The third kappa shape index (κ3) is 5.91. The van der Waals surface area contributed by atoms with E-state index in [2.05, 4.69) is 38.1 Å². The van der Waals surface area contributed by atoms with Crippen molar-refractivity contribution in [2.75, 3.05) is 13.2 Å². The molecule has 26 heavy (non-hydrogen) atoms. The molecule has 0 saturated heterocycles. The van der Waals surface area contributed by atoms with E-state index in [1.165, 1.54) is 0 Å². The number of esters is 1. The third-order valence-electron chi connectivity index (χ3n) is 4.80. The van der Waals surface area contributed by atoms with Gasteiger partial charge in [-0.15, -0.1) is 0 Å². The maximum Gasteiger partial charge on any atom is 0.306 e. The summed E-state index contributed by atoms with van der Waals surface area (Å²) in [5.74, 6) is 1.29. The monoisotopic (exact) mass is 354 g/mol. The van der Waals surface area contributed by atoms with E-state index >= 15 is 0 Å². The Morgan fingerprint density at radius 2 is 1.50 bits per heavy atom. The molecule has 0 N–H and O–H groups in total. The lowest BCUT2D eigenvalue weighted by Crippen LogP contribution is -2.12. The molecule has 0 bridgehead atoms. The molecule has 1 unspecified atom stereocenters. The SMILES string of the molecule is CCOC(=O)CC(c1ccccc1)c1ccc(OCC(CC)CC)cc1. The molecule has 2 aromatic rings. The summed E-state index contributed by atoms with van der Waals surface area (Å²) >= 11 is 0. The van der Waals surface area contributed by atoms with Gasteiger partial charge in [0.2, 0.25) is 0 Å². The summed E-state index contributed by atoms with van der Waals surface area (Å²) in [6, 6.07) is 18.2. The van der Waals surface area contributed by atoms with Gasteiger partial charge in [-0.25, -0.2) is 0 Å². The highest BCUT2D eigenvalue weighted by Crippen LogP contribution is 2.30. The second-order valence-corrected chi connectivity index (χ2v) is 6.53. The molecule has 0 aliphatic rings. The molecule has 2 rings (SSSR count). The molecule has 0 radical (unpaired) electrons. The Morgan fingerprint density at radius 3 is 2.08 bits per heavy atom. The maximum atomic E-state index is 12.1. The summed E-state index contributed by atoms with van der Waals surface area (Å²) in [6.45, 7) is 7.38. The summed E-state index contributed by atoms with van der Waals surface area (Å²) < 4.78 is 11.1.